The van der Waals surface area contributed by atoms with Gasteiger partial charge in [-0.15, -0.1) is 0 Å². The first-order valence-electron chi connectivity index (χ1n) is 8.24. The van der Waals surface area contributed by atoms with E-state index in [1.807, 2.05) is 61.5 Å². The molecule has 3 rings (SSSR count). The second-order valence-corrected chi connectivity index (χ2v) is 7.15. The van der Waals surface area contributed by atoms with Crippen molar-refractivity contribution in [3.63, 3.8) is 0 Å². The summed E-state index contributed by atoms with van der Waals surface area (Å²) in [6.07, 6.45) is 0. The third-order valence-corrected chi connectivity index (χ3v) is 4.68. The van der Waals surface area contributed by atoms with E-state index in [1.54, 1.807) is 13.1 Å². The topological polar surface area (TPSA) is 49.4 Å². The number of hydrogen-bond donors (Lipinski definition) is 1. The summed E-state index contributed by atoms with van der Waals surface area (Å²) in [4.78, 5) is 26.3. The molecule has 0 radical (unpaired) electrons. The molecule has 5 heteroatoms. The Hall–Kier alpha value is -2.66. The van der Waals surface area contributed by atoms with Crippen LogP contribution in [0.1, 0.15) is 15.9 Å². The van der Waals surface area contributed by atoms with E-state index in [9.17, 15) is 9.59 Å². The Kier molecular flexibility index (Phi) is 5.38. The Morgan fingerprint density at radius 1 is 1.00 bits per heavy atom. The summed E-state index contributed by atoms with van der Waals surface area (Å²) >= 11 is 3.40. The minimum absolute atomic E-state index is 0.0127. The van der Waals surface area contributed by atoms with E-state index in [2.05, 4.69) is 21.2 Å². The molecule has 132 valence electrons. The van der Waals surface area contributed by atoms with Crippen molar-refractivity contribution < 1.29 is 9.59 Å². The van der Waals surface area contributed by atoms with Crippen LogP contribution >= 0.6 is 15.9 Å². The summed E-state index contributed by atoms with van der Waals surface area (Å²) in [5.41, 5.74) is 2.26. The van der Waals surface area contributed by atoms with E-state index in [0.29, 0.717) is 5.56 Å². The van der Waals surface area contributed by atoms with Crippen LogP contribution in [-0.2, 0) is 4.79 Å². The highest BCUT2D eigenvalue weighted by atomic mass is 79.9. The van der Waals surface area contributed by atoms with E-state index in [0.717, 1.165) is 26.5 Å². The van der Waals surface area contributed by atoms with Crippen LogP contribution in [0.15, 0.2) is 65.1 Å². The van der Waals surface area contributed by atoms with Crippen molar-refractivity contribution in [1.29, 1.82) is 0 Å². The molecule has 0 aliphatic heterocycles. The zero-order valence-electron chi connectivity index (χ0n) is 14.6. The first-order chi connectivity index (χ1) is 12.4. The second-order valence-electron chi connectivity index (χ2n) is 6.23. The molecular weight excluding hydrogens is 392 g/mol. The molecule has 0 unspecified atom stereocenters. The average Bonchev–Trinajstić information content (AvgIpc) is 2.63. The van der Waals surface area contributed by atoms with Gasteiger partial charge in [-0.1, -0.05) is 46.3 Å². The average molecular weight is 411 g/mol. The Bertz CT molecular complexity index is 985. The number of aryl methyl sites for hydroxylation is 1. The molecule has 0 fully saturated rings. The van der Waals surface area contributed by atoms with Gasteiger partial charge in [0.25, 0.3) is 5.91 Å². The summed E-state index contributed by atoms with van der Waals surface area (Å²) < 4.78 is 0.955. The van der Waals surface area contributed by atoms with Crippen molar-refractivity contribution in [1.82, 2.24) is 4.90 Å². The molecule has 0 aromatic heterocycles. The molecule has 0 spiro atoms. The predicted molar refractivity (Wildman–Crippen MR) is 108 cm³/mol. The number of nitrogens with one attached hydrogen (secondary N) is 1. The maximum absolute atomic E-state index is 12.6. The van der Waals surface area contributed by atoms with Gasteiger partial charge < -0.3 is 10.2 Å². The van der Waals surface area contributed by atoms with Crippen LogP contribution in [0.25, 0.3) is 10.8 Å². The smallest absolute Gasteiger partial charge is 0.254 e. The van der Waals surface area contributed by atoms with Crippen molar-refractivity contribution in [2.45, 2.75) is 6.92 Å². The van der Waals surface area contributed by atoms with E-state index >= 15 is 0 Å². The first-order valence-corrected chi connectivity index (χ1v) is 9.03. The quantitative estimate of drug-likeness (QED) is 0.681. The summed E-state index contributed by atoms with van der Waals surface area (Å²) in [6.45, 7) is 1.91. The third-order valence-electron chi connectivity index (χ3n) is 4.19. The number of halogens is 1. The van der Waals surface area contributed by atoms with E-state index < -0.39 is 0 Å². The molecule has 0 bridgehead atoms. The lowest BCUT2D eigenvalue weighted by Gasteiger charge is -2.18. The SMILES string of the molecule is Cc1cc(Br)ccc1NC(=O)CN(C)C(=O)c1ccc2ccccc2c1. The molecule has 0 saturated heterocycles. The van der Waals surface area contributed by atoms with Gasteiger partial charge in [0, 0.05) is 22.8 Å². The van der Waals surface area contributed by atoms with Gasteiger partial charge >= 0.3 is 0 Å². The molecular formula is C21H19BrN2O2. The van der Waals surface area contributed by atoms with Crippen LogP contribution in [-0.4, -0.2) is 30.3 Å². The molecule has 26 heavy (non-hydrogen) atoms. The van der Waals surface area contributed by atoms with Gasteiger partial charge in [-0.25, -0.2) is 0 Å². The van der Waals surface area contributed by atoms with Crippen molar-refractivity contribution in [2.24, 2.45) is 0 Å². The van der Waals surface area contributed by atoms with Crippen molar-refractivity contribution >= 4 is 44.2 Å². The molecule has 4 nitrogen and oxygen atoms in total. The number of amides is 2. The van der Waals surface area contributed by atoms with Crippen LogP contribution in [0.5, 0.6) is 0 Å². The summed E-state index contributed by atoms with van der Waals surface area (Å²) in [7, 11) is 1.63. The summed E-state index contributed by atoms with van der Waals surface area (Å²) in [5, 5.41) is 4.93. The zero-order chi connectivity index (χ0) is 18.7. The number of anilines is 1. The van der Waals surface area contributed by atoms with Gasteiger partial charge in [0.1, 0.15) is 0 Å². The zero-order valence-corrected chi connectivity index (χ0v) is 16.2. The molecule has 1 N–H and O–H groups in total. The lowest BCUT2D eigenvalue weighted by atomic mass is 10.1. The number of likely N-dealkylation sites (N-methyl/N-ethyl adjacent to an activating group) is 1. The van der Waals surface area contributed by atoms with Gasteiger partial charge in [0.2, 0.25) is 5.91 Å². The lowest BCUT2D eigenvalue weighted by molar-refractivity contribution is -0.116. The Morgan fingerprint density at radius 3 is 2.46 bits per heavy atom. The molecule has 3 aromatic carbocycles. The van der Waals surface area contributed by atoms with Gasteiger partial charge in [-0.05, 0) is 53.6 Å². The Labute approximate surface area is 160 Å². The maximum atomic E-state index is 12.6. The van der Waals surface area contributed by atoms with Crippen molar-refractivity contribution in [3.05, 3.63) is 76.3 Å². The number of benzene rings is 3. The minimum Gasteiger partial charge on any atom is -0.332 e. The summed E-state index contributed by atoms with van der Waals surface area (Å²) in [6, 6.07) is 19.1. The summed E-state index contributed by atoms with van der Waals surface area (Å²) in [5.74, 6) is -0.412. The number of fused-ring (bicyclic) bond motifs is 1. The van der Waals surface area contributed by atoms with Crippen LogP contribution < -0.4 is 5.32 Å². The molecule has 0 atom stereocenters. The predicted octanol–water partition coefficient (Wildman–Crippen LogP) is 4.62. The fourth-order valence-electron chi connectivity index (χ4n) is 2.79. The van der Waals surface area contributed by atoms with Crippen LogP contribution in [0, 0.1) is 6.92 Å². The molecule has 0 saturated carbocycles. The lowest BCUT2D eigenvalue weighted by Crippen LogP contribution is -2.35. The maximum Gasteiger partial charge on any atom is 0.254 e. The highest BCUT2D eigenvalue weighted by Gasteiger charge is 2.16. The number of carbonyl (C=O) groups is 2. The molecule has 2 amide bonds. The highest BCUT2D eigenvalue weighted by Crippen LogP contribution is 2.20. The fraction of sp³-hybridized carbons (Fsp3) is 0.143. The largest absolute Gasteiger partial charge is 0.332 e. The van der Waals surface area contributed by atoms with Gasteiger partial charge in [0.05, 0.1) is 6.54 Å². The number of rotatable bonds is 4. The third kappa shape index (κ3) is 4.11. The standard InChI is InChI=1S/C21H19BrN2O2/c1-14-11-18(22)9-10-19(14)23-20(25)13-24(2)21(26)17-8-7-15-5-3-4-6-16(15)12-17/h3-12H,13H2,1-2H3,(H,23,25). The number of carbonyl (C=O) groups excluding carboxylic acids is 2. The van der Waals surface area contributed by atoms with E-state index in [-0.39, 0.29) is 18.4 Å². The van der Waals surface area contributed by atoms with E-state index in [1.165, 1.54) is 4.90 Å². The molecule has 0 aliphatic rings. The van der Waals surface area contributed by atoms with Gasteiger partial charge in [0.15, 0.2) is 0 Å². The Balaban J connectivity index is 1.68. The Morgan fingerprint density at radius 2 is 1.73 bits per heavy atom. The molecule has 0 aliphatic carbocycles. The fourth-order valence-corrected chi connectivity index (χ4v) is 3.26. The van der Waals surface area contributed by atoms with Crippen LogP contribution in [0.4, 0.5) is 5.69 Å². The monoisotopic (exact) mass is 410 g/mol. The second kappa shape index (κ2) is 7.70. The van der Waals surface area contributed by atoms with Crippen LogP contribution in [0.2, 0.25) is 0 Å². The van der Waals surface area contributed by atoms with Gasteiger partial charge in [-0.3, -0.25) is 9.59 Å². The molecule has 3 aromatic rings. The van der Waals surface area contributed by atoms with Crippen LogP contribution in [0.3, 0.4) is 0 Å². The van der Waals surface area contributed by atoms with E-state index in [4.69, 9.17) is 0 Å². The van der Waals surface area contributed by atoms with Gasteiger partial charge in [-0.2, -0.15) is 0 Å². The van der Waals surface area contributed by atoms with Crippen molar-refractivity contribution in [3.8, 4) is 0 Å². The highest BCUT2D eigenvalue weighted by molar-refractivity contribution is 9.10. The normalized spacial score (nSPS) is 10.6. The number of hydrogen-bond acceptors (Lipinski definition) is 2. The number of nitrogens with zero attached hydrogens (tertiary/aromatic N) is 1. The van der Waals surface area contributed by atoms with Crippen molar-refractivity contribution in [2.75, 3.05) is 18.9 Å². The first kappa shape index (κ1) is 18.1. The minimum atomic E-state index is -0.230. The molecule has 0 heterocycles.